The number of hydrogen-bond donors (Lipinski definition) is 0. The molecule has 0 saturated carbocycles. The maximum absolute atomic E-state index is 13.3. The summed E-state index contributed by atoms with van der Waals surface area (Å²) < 4.78 is 10.9. The van der Waals surface area contributed by atoms with Crippen molar-refractivity contribution >= 4 is 11.7 Å². The van der Waals surface area contributed by atoms with Gasteiger partial charge in [-0.25, -0.2) is 4.98 Å². The van der Waals surface area contributed by atoms with Gasteiger partial charge in [0, 0.05) is 62.6 Å². The largest absolute Gasteiger partial charge is 0.497 e. The van der Waals surface area contributed by atoms with E-state index in [-0.39, 0.29) is 11.3 Å². The zero-order valence-corrected chi connectivity index (χ0v) is 25.0. The number of anilines is 1. The van der Waals surface area contributed by atoms with E-state index in [1.807, 2.05) is 17.0 Å². The van der Waals surface area contributed by atoms with Crippen molar-refractivity contribution < 1.29 is 14.3 Å². The van der Waals surface area contributed by atoms with Crippen LogP contribution in [-0.4, -0.2) is 79.2 Å². The second-order valence-electron chi connectivity index (χ2n) is 11.4. The highest BCUT2D eigenvalue weighted by molar-refractivity contribution is 5.94. The normalized spacial score (nSPS) is 17.0. The summed E-state index contributed by atoms with van der Waals surface area (Å²) in [5.41, 5.74) is 4.40. The van der Waals surface area contributed by atoms with Gasteiger partial charge in [0.1, 0.15) is 17.3 Å². The fraction of sp³-hybridized carbons (Fsp3) is 0.343. The van der Waals surface area contributed by atoms with Crippen molar-refractivity contribution in [2.45, 2.75) is 24.8 Å². The van der Waals surface area contributed by atoms with E-state index in [2.05, 4.69) is 80.4 Å². The Hall–Kier alpha value is -4.43. The van der Waals surface area contributed by atoms with Gasteiger partial charge in [0.05, 0.1) is 20.4 Å². The van der Waals surface area contributed by atoms with E-state index in [0.29, 0.717) is 13.1 Å². The Morgan fingerprint density at radius 2 is 1.42 bits per heavy atom. The molecular weight excluding hydrogens is 538 g/mol. The summed E-state index contributed by atoms with van der Waals surface area (Å²) in [5.74, 6) is 2.67. The van der Waals surface area contributed by atoms with Crippen molar-refractivity contribution in [1.82, 2.24) is 19.8 Å². The van der Waals surface area contributed by atoms with Gasteiger partial charge in [-0.1, -0.05) is 36.4 Å². The molecule has 0 spiro atoms. The molecule has 0 N–H and O–H groups in total. The van der Waals surface area contributed by atoms with Crippen LogP contribution in [0.5, 0.6) is 11.5 Å². The second kappa shape index (κ2) is 12.8. The molecule has 1 amide bonds. The second-order valence-corrected chi connectivity index (χ2v) is 11.4. The molecule has 0 aliphatic carbocycles. The van der Waals surface area contributed by atoms with E-state index in [9.17, 15) is 4.79 Å². The number of nitrogens with zero attached hydrogens (tertiary/aromatic N) is 5. The molecule has 2 aliphatic rings. The number of benzene rings is 3. The van der Waals surface area contributed by atoms with Crippen LogP contribution in [0, 0.1) is 0 Å². The van der Waals surface area contributed by atoms with Crippen LogP contribution in [0.25, 0.3) is 0 Å². The van der Waals surface area contributed by atoms with Crippen molar-refractivity contribution in [1.29, 1.82) is 0 Å². The molecule has 8 nitrogen and oxygen atoms in total. The number of piperidine rings is 1. The van der Waals surface area contributed by atoms with Crippen LogP contribution in [0.15, 0.2) is 91.4 Å². The lowest BCUT2D eigenvalue weighted by molar-refractivity contribution is 0.0746. The smallest absolute Gasteiger partial charge is 0.253 e. The first-order valence-electron chi connectivity index (χ1n) is 15.0. The molecule has 43 heavy (non-hydrogen) atoms. The first kappa shape index (κ1) is 28.7. The van der Waals surface area contributed by atoms with Gasteiger partial charge < -0.3 is 19.3 Å². The molecule has 6 rings (SSSR count). The molecule has 2 saturated heterocycles. The Morgan fingerprint density at radius 3 is 1.98 bits per heavy atom. The van der Waals surface area contributed by atoms with E-state index in [1.54, 1.807) is 32.8 Å². The van der Waals surface area contributed by atoms with Crippen LogP contribution in [-0.2, 0) is 12.0 Å². The molecule has 3 aromatic carbocycles. The topological polar surface area (TPSA) is 71.0 Å². The van der Waals surface area contributed by atoms with Gasteiger partial charge in [-0.2, -0.15) is 0 Å². The maximum atomic E-state index is 13.3. The minimum absolute atomic E-state index is 0.0846. The third-order valence-electron chi connectivity index (χ3n) is 8.90. The fourth-order valence-electron chi connectivity index (χ4n) is 6.52. The van der Waals surface area contributed by atoms with Gasteiger partial charge >= 0.3 is 0 Å². The molecule has 222 valence electrons. The van der Waals surface area contributed by atoms with E-state index >= 15 is 0 Å². The minimum Gasteiger partial charge on any atom is -0.497 e. The molecule has 0 atom stereocenters. The van der Waals surface area contributed by atoms with Gasteiger partial charge in [0.25, 0.3) is 5.91 Å². The van der Waals surface area contributed by atoms with E-state index in [4.69, 9.17) is 9.47 Å². The average Bonchev–Trinajstić information content (AvgIpc) is 3.09. The third-order valence-corrected chi connectivity index (χ3v) is 8.90. The monoisotopic (exact) mass is 577 g/mol. The number of carbonyl (C=O) groups excluding carboxylic acids is 1. The summed E-state index contributed by atoms with van der Waals surface area (Å²) in [5, 5.41) is 0. The molecule has 3 heterocycles. The highest BCUT2D eigenvalue weighted by Crippen LogP contribution is 2.42. The van der Waals surface area contributed by atoms with Crippen LogP contribution < -0.4 is 14.4 Å². The molecule has 8 heteroatoms. The van der Waals surface area contributed by atoms with Gasteiger partial charge in [-0.15, -0.1) is 0 Å². The maximum Gasteiger partial charge on any atom is 0.253 e. The Morgan fingerprint density at radius 1 is 0.791 bits per heavy atom. The van der Waals surface area contributed by atoms with Crippen molar-refractivity contribution in [3.05, 3.63) is 114 Å². The van der Waals surface area contributed by atoms with Crippen LogP contribution in [0.4, 0.5) is 5.82 Å². The van der Waals surface area contributed by atoms with E-state index in [0.717, 1.165) is 68.4 Å². The summed E-state index contributed by atoms with van der Waals surface area (Å²) in [6.45, 7) is 5.61. The molecular formula is C35H39N5O3. The molecule has 4 aromatic rings. The molecule has 0 bridgehead atoms. The Labute approximate surface area is 253 Å². The van der Waals surface area contributed by atoms with Crippen LogP contribution in [0.1, 0.15) is 39.9 Å². The minimum atomic E-state index is -0.139. The van der Waals surface area contributed by atoms with E-state index < -0.39 is 0 Å². The standard InChI is InChI=1S/C35H39N5O3/c1-42-31-12-8-29(9-13-31)35(30-10-14-32(43-2)15-11-30)16-3-19-38(26-35)25-27-4-6-28(7-5-27)34(41)40-22-20-39(21-23-40)33-24-36-17-18-37-33/h4-15,17-18,24H,3,16,19-23,25-26H2,1-2H3. The van der Waals surface area contributed by atoms with Gasteiger partial charge in [0.2, 0.25) is 0 Å². The van der Waals surface area contributed by atoms with E-state index in [1.165, 1.54) is 16.7 Å². The molecule has 0 radical (unpaired) electrons. The highest BCUT2D eigenvalue weighted by Gasteiger charge is 2.39. The van der Waals surface area contributed by atoms with Gasteiger partial charge in [-0.3, -0.25) is 14.7 Å². The lowest BCUT2D eigenvalue weighted by Crippen LogP contribution is -2.49. The average molecular weight is 578 g/mol. The number of hydrogen-bond acceptors (Lipinski definition) is 7. The summed E-state index contributed by atoms with van der Waals surface area (Å²) in [6.07, 6.45) is 7.32. The highest BCUT2D eigenvalue weighted by atomic mass is 16.5. The summed E-state index contributed by atoms with van der Waals surface area (Å²) in [6, 6.07) is 25.3. The SMILES string of the molecule is COc1ccc(C2(c3ccc(OC)cc3)CCCN(Cc3ccc(C(=O)N4CCN(c5cnccn5)CC4)cc3)C2)cc1. The van der Waals surface area contributed by atoms with Crippen molar-refractivity contribution in [2.75, 3.05) is 58.4 Å². The summed E-state index contributed by atoms with van der Waals surface area (Å²) in [7, 11) is 3.41. The number of amides is 1. The number of ether oxygens (including phenoxy) is 2. The number of methoxy groups -OCH3 is 2. The van der Waals surface area contributed by atoms with Crippen molar-refractivity contribution in [3.8, 4) is 11.5 Å². The quantitative estimate of drug-likeness (QED) is 0.291. The molecule has 2 fully saturated rings. The number of carbonyl (C=O) groups is 1. The molecule has 2 aliphatic heterocycles. The lowest BCUT2D eigenvalue weighted by atomic mass is 9.69. The van der Waals surface area contributed by atoms with Gasteiger partial charge in [-0.05, 0) is 72.5 Å². The Balaban J connectivity index is 1.14. The number of aromatic nitrogens is 2. The lowest BCUT2D eigenvalue weighted by Gasteiger charge is -2.44. The molecule has 0 unspecified atom stereocenters. The first-order chi connectivity index (χ1) is 21.1. The number of likely N-dealkylation sites (tertiary alicyclic amines) is 1. The first-order valence-corrected chi connectivity index (χ1v) is 15.0. The zero-order valence-electron chi connectivity index (χ0n) is 25.0. The Kier molecular flexibility index (Phi) is 8.56. The van der Waals surface area contributed by atoms with Crippen LogP contribution in [0.2, 0.25) is 0 Å². The predicted molar refractivity (Wildman–Crippen MR) is 168 cm³/mol. The summed E-state index contributed by atoms with van der Waals surface area (Å²) in [4.78, 5) is 28.5. The number of piperazine rings is 1. The van der Waals surface area contributed by atoms with Crippen LogP contribution in [0.3, 0.4) is 0 Å². The third kappa shape index (κ3) is 6.20. The van der Waals surface area contributed by atoms with Crippen LogP contribution >= 0.6 is 0 Å². The number of rotatable bonds is 8. The Bertz CT molecular complexity index is 1440. The zero-order chi connectivity index (χ0) is 29.6. The van der Waals surface area contributed by atoms with Crippen molar-refractivity contribution in [3.63, 3.8) is 0 Å². The van der Waals surface area contributed by atoms with Crippen molar-refractivity contribution in [2.24, 2.45) is 0 Å². The predicted octanol–water partition coefficient (Wildman–Crippen LogP) is 5.04. The summed E-state index contributed by atoms with van der Waals surface area (Å²) >= 11 is 0. The molecule has 1 aromatic heterocycles. The fourth-order valence-corrected chi connectivity index (χ4v) is 6.52. The van der Waals surface area contributed by atoms with Gasteiger partial charge in [0.15, 0.2) is 0 Å².